The fourth-order valence-electron chi connectivity index (χ4n) is 0.777. The maximum Gasteiger partial charge on any atom is 0.262 e. The summed E-state index contributed by atoms with van der Waals surface area (Å²) >= 11 is 4.86. The molecule has 1 rings (SSSR count). The number of nitrogens with zero attached hydrogens (tertiary/aromatic N) is 1. The molecule has 0 saturated heterocycles. The Balaban J connectivity index is 2.31. The largest absolute Gasteiger partial charge is 0.470 e. The molecule has 4 nitrogen and oxygen atoms in total. The highest BCUT2D eigenvalue weighted by molar-refractivity contribution is 7.80. The Morgan fingerprint density at radius 3 is 3.14 bits per heavy atom. The molecule has 1 aromatic rings. The molecule has 0 bridgehead atoms. The van der Waals surface area contributed by atoms with Crippen LogP contribution in [0.15, 0.2) is 24.4 Å². The number of aldehydes is 1. The van der Waals surface area contributed by atoms with Crippen LogP contribution in [-0.2, 0) is 9.53 Å². The molecular weight excluding hydrogens is 200 g/mol. The zero-order valence-corrected chi connectivity index (χ0v) is 8.29. The van der Waals surface area contributed by atoms with Crippen molar-refractivity contribution in [2.24, 2.45) is 0 Å². The van der Waals surface area contributed by atoms with Crippen LogP contribution in [0.5, 0.6) is 0 Å². The summed E-state index contributed by atoms with van der Waals surface area (Å²) in [6, 6.07) is 5.42. The van der Waals surface area contributed by atoms with Crippen molar-refractivity contribution >= 4 is 29.5 Å². The molecule has 0 aliphatic carbocycles. The number of thiocarbonyl (C=S) groups is 1. The molecule has 1 heterocycles. The maximum absolute atomic E-state index is 9.99. The summed E-state index contributed by atoms with van der Waals surface area (Å²) in [7, 11) is 0. The Labute approximate surface area is 87.3 Å². The first-order chi connectivity index (χ1) is 6.83. The molecule has 0 aromatic carbocycles. The van der Waals surface area contributed by atoms with E-state index in [0.29, 0.717) is 18.8 Å². The van der Waals surface area contributed by atoms with Gasteiger partial charge < -0.3 is 14.8 Å². The van der Waals surface area contributed by atoms with E-state index >= 15 is 0 Å². The molecule has 1 N–H and O–H groups in total. The monoisotopic (exact) mass is 210 g/mol. The summed E-state index contributed by atoms with van der Waals surface area (Å²) < 4.78 is 5.04. The molecule has 74 valence electrons. The van der Waals surface area contributed by atoms with E-state index in [9.17, 15) is 4.79 Å². The first-order valence-electron chi connectivity index (χ1n) is 4.11. The molecule has 0 fully saturated rings. The molecule has 14 heavy (non-hydrogen) atoms. The number of aromatic nitrogens is 1. The van der Waals surface area contributed by atoms with Crippen LogP contribution < -0.4 is 5.32 Å². The molecule has 0 amide bonds. The topological polar surface area (TPSA) is 51.2 Å². The minimum atomic E-state index is 0.227. The molecule has 0 radical (unpaired) electrons. The fourth-order valence-corrected chi connectivity index (χ4v) is 0.965. The van der Waals surface area contributed by atoms with Crippen molar-refractivity contribution in [3.05, 3.63) is 24.4 Å². The van der Waals surface area contributed by atoms with Gasteiger partial charge in [0.25, 0.3) is 5.17 Å². The Morgan fingerprint density at radius 2 is 2.50 bits per heavy atom. The fraction of sp³-hybridized carbons (Fsp3) is 0.222. The molecule has 5 heteroatoms. The minimum Gasteiger partial charge on any atom is -0.470 e. The number of anilines is 1. The molecule has 1 aromatic heterocycles. The van der Waals surface area contributed by atoms with Gasteiger partial charge in [0.2, 0.25) is 0 Å². The summed E-state index contributed by atoms with van der Waals surface area (Å²) in [5, 5.41) is 3.01. The van der Waals surface area contributed by atoms with E-state index in [0.717, 1.165) is 6.29 Å². The second kappa shape index (κ2) is 6.04. The van der Waals surface area contributed by atoms with Crippen LogP contribution in [-0.4, -0.2) is 23.1 Å². The minimum absolute atomic E-state index is 0.227. The van der Waals surface area contributed by atoms with Crippen molar-refractivity contribution in [3.63, 3.8) is 0 Å². The number of pyridine rings is 1. The van der Waals surface area contributed by atoms with Crippen molar-refractivity contribution < 1.29 is 9.53 Å². The van der Waals surface area contributed by atoms with Crippen LogP contribution in [0.3, 0.4) is 0 Å². The number of carbonyl (C=O) groups excluding carboxylic acids is 1. The summed E-state index contributed by atoms with van der Waals surface area (Å²) in [5.41, 5.74) is 0. The predicted octanol–water partition coefficient (Wildman–Crippen LogP) is 1.38. The van der Waals surface area contributed by atoms with E-state index in [1.165, 1.54) is 0 Å². The lowest BCUT2D eigenvalue weighted by Gasteiger charge is -2.06. The van der Waals surface area contributed by atoms with Gasteiger partial charge in [-0.1, -0.05) is 6.07 Å². The molecule has 0 saturated carbocycles. The summed E-state index contributed by atoms with van der Waals surface area (Å²) in [4.78, 5) is 14.0. The average molecular weight is 210 g/mol. The average Bonchev–Trinajstić information content (AvgIpc) is 2.20. The highest BCUT2D eigenvalue weighted by Gasteiger charge is 1.97. The van der Waals surface area contributed by atoms with Gasteiger partial charge in [-0.25, -0.2) is 4.98 Å². The van der Waals surface area contributed by atoms with Gasteiger partial charge in [0.1, 0.15) is 12.1 Å². The Bertz CT molecular complexity index is 303. The Hall–Kier alpha value is -1.49. The number of ether oxygens (including phenoxy) is 1. The van der Waals surface area contributed by atoms with Crippen molar-refractivity contribution in [1.82, 2.24) is 4.98 Å². The van der Waals surface area contributed by atoms with E-state index in [1.807, 2.05) is 12.1 Å². The smallest absolute Gasteiger partial charge is 0.262 e. The van der Waals surface area contributed by atoms with Crippen LogP contribution in [0.1, 0.15) is 6.42 Å². The van der Waals surface area contributed by atoms with E-state index in [1.54, 1.807) is 12.3 Å². The second-order valence-corrected chi connectivity index (χ2v) is 2.80. The van der Waals surface area contributed by atoms with Crippen LogP contribution in [0.4, 0.5) is 5.82 Å². The molecule has 0 spiro atoms. The Morgan fingerprint density at radius 1 is 1.64 bits per heavy atom. The van der Waals surface area contributed by atoms with E-state index in [-0.39, 0.29) is 5.17 Å². The predicted molar refractivity (Wildman–Crippen MR) is 57.1 cm³/mol. The standard InChI is InChI=1S/C9H10N2O2S/c12-6-3-7-13-9(14)11-8-4-1-2-5-10-8/h1-2,4-6H,3,7H2,(H,10,11,14). The number of nitrogens with one attached hydrogen (secondary N) is 1. The van der Waals surface area contributed by atoms with Gasteiger partial charge in [-0.3, -0.25) is 0 Å². The summed E-state index contributed by atoms with van der Waals surface area (Å²) in [6.45, 7) is 0.294. The zero-order valence-electron chi connectivity index (χ0n) is 7.47. The molecule has 0 aliphatic heterocycles. The molecular formula is C9H10N2O2S. The van der Waals surface area contributed by atoms with E-state index < -0.39 is 0 Å². The van der Waals surface area contributed by atoms with Crippen LogP contribution in [0.2, 0.25) is 0 Å². The van der Waals surface area contributed by atoms with Gasteiger partial charge >= 0.3 is 0 Å². The summed E-state index contributed by atoms with van der Waals surface area (Å²) in [6.07, 6.45) is 2.77. The Kier molecular flexibility index (Phi) is 4.57. The number of rotatable bonds is 4. The van der Waals surface area contributed by atoms with E-state index in [2.05, 4.69) is 10.3 Å². The highest BCUT2D eigenvalue weighted by Crippen LogP contribution is 2.00. The van der Waals surface area contributed by atoms with Crippen molar-refractivity contribution in [3.8, 4) is 0 Å². The third-order valence-corrected chi connectivity index (χ3v) is 1.58. The third-order valence-electron chi connectivity index (χ3n) is 1.36. The van der Waals surface area contributed by atoms with Gasteiger partial charge in [-0.05, 0) is 24.4 Å². The van der Waals surface area contributed by atoms with Crippen LogP contribution in [0, 0.1) is 0 Å². The summed E-state index contributed by atoms with van der Waals surface area (Å²) in [5.74, 6) is 0.628. The second-order valence-electron chi connectivity index (χ2n) is 2.43. The van der Waals surface area contributed by atoms with Crippen LogP contribution >= 0.6 is 12.2 Å². The third kappa shape index (κ3) is 3.95. The normalized spacial score (nSPS) is 9.14. The highest BCUT2D eigenvalue weighted by atomic mass is 32.1. The van der Waals surface area contributed by atoms with Crippen molar-refractivity contribution in [2.45, 2.75) is 6.42 Å². The first-order valence-corrected chi connectivity index (χ1v) is 4.52. The zero-order chi connectivity index (χ0) is 10.2. The van der Waals surface area contributed by atoms with Crippen molar-refractivity contribution in [2.75, 3.05) is 11.9 Å². The van der Waals surface area contributed by atoms with Gasteiger partial charge in [-0.2, -0.15) is 0 Å². The van der Waals surface area contributed by atoms with Crippen molar-refractivity contribution in [1.29, 1.82) is 0 Å². The maximum atomic E-state index is 9.99. The van der Waals surface area contributed by atoms with Crippen LogP contribution in [0.25, 0.3) is 0 Å². The molecule has 0 aliphatic rings. The number of hydrogen-bond donors (Lipinski definition) is 1. The van der Waals surface area contributed by atoms with Gasteiger partial charge in [0.15, 0.2) is 0 Å². The lowest BCUT2D eigenvalue weighted by Crippen LogP contribution is -2.14. The molecule has 0 unspecified atom stereocenters. The van der Waals surface area contributed by atoms with Gasteiger partial charge in [0.05, 0.1) is 6.61 Å². The molecule has 0 atom stereocenters. The SMILES string of the molecule is O=CCCOC(=S)Nc1ccccn1. The first kappa shape index (κ1) is 10.6. The van der Waals surface area contributed by atoms with Gasteiger partial charge in [-0.15, -0.1) is 0 Å². The lowest BCUT2D eigenvalue weighted by molar-refractivity contribution is -0.108. The quantitative estimate of drug-likeness (QED) is 0.462. The number of carbonyl (C=O) groups is 1. The van der Waals surface area contributed by atoms with Gasteiger partial charge in [0, 0.05) is 12.6 Å². The lowest BCUT2D eigenvalue weighted by atomic mass is 10.5. The number of hydrogen-bond acceptors (Lipinski definition) is 4. The van der Waals surface area contributed by atoms with E-state index in [4.69, 9.17) is 17.0 Å².